The van der Waals surface area contributed by atoms with E-state index in [1.165, 1.54) is 11.8 Å². The van der Waals surface area contributed by atoms with E-state index < -0.39 is 11.9 Å². The van der Waals surface area contributed by atoms with Crippen LogP contribution in [0.4, 0.5) is 5.69 Å². The highest BCUT2D eigenvalue weighted by Gasteiger charge is 2.22. The van der Waals surface area contributed by atoms with Gasteiger partial charge in [-0.15, -0.1) is 5.10 Å². The largest absolute Gasteiger partial charge is 0.462 e. The minimum absolute atomic E-state index is 0.152. The zero-order valence-electron chi connectivity index (χ0n) is 18.9. The lowest BCUT2D eigenvalue weighted by Gasteiger charge is -2.10. The van der Waals surface area contributed by atoms with Crippen LogP contribution < -0.4 is 5.32 Å². The van der Waals surface area contributed by atoms with E-state index >= 15 is 0 Å². The Morgan fingerprint density at radius 2 is 1.86 bits per heavy atom. The number of amides is 1. The standard InChI is InChI=1S/C24H21ClN6O3S/c1-3-34-23(33)16-6-8-17(9-7-16)28-22(32)21-20(14-35-24-26-11-4-12-27-24)31(30-29-21)18-10-5-15(2)19(25)13-18/h4-13H,3,14H2,1-2H3,(H,28,32). The van der Waals surface area contributed by atoms with Crippen LogP contribution in [0.3, 0.4) is 0 Å². The highest BCUT2D eigenvalue weighted by atomic mass is 35.5. The van der Waals surface area contributed by atoms with Crippen LogP contribution in [-0.2, 0) is 10.5 Å². The molecule has 4 rings (SSSR count). The van der Waals surface area contributed by atoms with Crippen molar-refractivity contribution >= 4 is 40.9 Å². The maximum Gasteiger partial charge on any atom is 0.338 e. The first kappa shape index (κ1) is 24.4. The lowest BCUT2D eigenvalue weighted by molar-refractivity contribution is 0.0526. The second kappa shape index (κ2) is 11.1. The van der Waals surface area contributed by atoms with Crippen LogP contribution in [0.15, 0.2) is 66.1 Å². The highest BCUT2D eigenvalue weighted by molar-refractivity contribution is 7.98. The molecule has 9 nitrogen and oxygen atoms in total. The molecule has 0 fully saturated rings. The van der Waals surface area contributed by atoms with Gasteiger partial charge >= 0.3 is 5.97 Å². The number of carbonyl (C=O) groups is 2. The van der Waals surface area contributed by atoms with E-state index in [0.29, 0.717) is 38.6 Å². The van der Waals surface area contributed by atoms with Gasteiger partial charge in [0, 0.05) is 28.9 Å². The molecule has 1 amide bonds. The third kappa shape index (κ3) is 5.84. The fraction of sp³-hybridized carbons (Fsp3) is 0.167. The number of hydrogen-bond donors (Lipinski definition) is 1. The molecule has 0 spiro atoms. The summed E-state index contributed by atoms with van der Waals surface area (Å²) in [6, 6.07) is 13.7. The Bertz CT molecular complexity index is 1350. The van der Waals surface area contributed by atoms with E-state index in [2.05, 4.69) is 25.6 Å². The minimum Gasteiger partial charge on any atom is -0.462 e. The topological polar surface area (TPSA) is 112 Å². The molecule has 2 aromatic heterocycles. The number of ether oxygens (including phenoxy) is 1. The van der Waals surface area contributed by atoms with Gasteiger partial charge in [-0.05, 0) is 61.9 Å². The van der Waals surface area contributed by atoms with Crippen molar-refractivity contribution < 1.29 is 14.3 Å². The van der Waals surface area contributed by atoms with Crippen LogP contribution in [0.25, 0.3) is 5.69 Å². The number of thioether (sulfide) groups is 1. The molecule has 0 saturated heterocycles. The fourth-order valence-electron chi connectivity index (χ4n) is 3.12. The summed E-state index contributed by atoms with van der Waals surface area (Å²) in [7, 11) is 0. The lowest BCUT2D eigenvalue weighted by Crippen LogP contribution is -2.15. The maximum atomic E-state index is 13.1. The summed E-state index contributed by atoms with van der Waals surface area (Å²) in [5.74, 6) is -0.525. The summed E-state index contributed by atoms with van der Waals surface area (Å²) in [5.41, 5.74) is 3.21. The predicted octanol–water partition coefficient (Wildman–Crippen LogP) is 4.74. The molecule has 0 radical (unpaired) electrons. The Morgan fingerprint density at radius 3 is 2.54 bits per heavy atom. The average Bonchev–Trinajstić information content (AvgIpc) is 3.30. The summed E-state index contributed by atoms with van der Waals surface area (Å²) in [6.07, 6.45) is 3.30. The quantitative estimate of drug-likeness (QED) is 0.206. The van der Waals surface area contributed by atoms with Crippen molar-refractivity contribution in [1.82, 2.24) is 25.0 Å². The number of aryl methyl sites for hydroxylation is 1. The third-order valence-electron chi connectivity index (χ3n) is 4.91. The van der Waals surface area contributed by atoms with Gasteiger partial charge in [-0.3, -0.25) is 4.79 Å². The Morgan fingerprint density at radius 1 is 1.11 bits per heavy atom. The summed E-state index contributed by atoms with van der Waals surface area (Å²) < 4.78 is 6.57. The molecular formula is C24H21ClN6O3S. The van der Waals surface area contributed by atoms with Crippen molar-refractivity contribution in [2.45, 2.75) is 24.8 Å². The molecule has 178 valence electrons. The average molecular weight is 509 g/mol. The number of nitrogens with one attached hydrogen (secondary N) is 1. The van der Waals surface area contributed by atoms with Crippen molar-refractivity contribution in [2.24, 2.45) is 0 Å². The summed E-state index contributed by atoms with van der Waals surface area (Å²) in [6.45, 7) is 3.93. The van der Waals surface area contributed by atoms with Gasteiger partial charge in [0.25, 0.3) is 5.91 Å². The van der Waals surface area contributed by atoms with Gasteiger partial charge in [-0.25, -0.2) is 19.4 Å². The van der Waals surface area contributed by atoms with Crippen LogP contribution in [0, 0.1) is 6.92 Å². The number of hydrogen-bond acceptors (Lipinski definition) is 8. The molecule has 0 aliphatic heterocycles. The number of nitrogens with zero attached hydrogens (tertiary/aromatic N) is 5. The normalized spacial score (nSPS) is 10.7. The van der Waals surface area contributed by atoms with Crippen LogP contribution in [0.1, 0.15) is 39.0 Å². The Labute approximate surface area is 210 Å². The summed E-state index contributed by atoms with van der Waals surface area (Å²) in [4.78, 5) is 33.5. The van der Waals surface area contributed by atoms with Crippen LogP contribution >= 0.6 is 23.4 Å². The zero-order chi connectivity index (χ0) is 24.8. The number of anilines is 1. The molecule has 1 N–H and O–H groups in total. The zero-order valence-corrected chi connectivity index (χ0v) is 20.5. The lowest BCUT2D eigenvalue weighted by atomic mass is 10.2. The number of carbonyl (C=O) groups excluding carboxylic acids is 2. The molecule has 2 aromatic carbocycles. The smallest absolute Gasteiger partial charge is 0.338 e. The van der Waals surface area contributed by atoms with E-state index in [-0.39, 0.29) is 12.3 Å². The Hall–Kier alpha value is -3.76. The van der Waals surface area contributed by atoms with Gasteiger partial charge in [0.15, 0.2) is 10.9 Å². The fourth-order valence-corrected chi connectivity index (χ4v) is 4.09. The molecule has 35 heavy (non-hydrogen) atoms. The molecule has 0 bridgehead atoms. The molecule has 2 heterocycles. The maximum absolute atomic E-state index is 13.1. The van der Waals surface area contributed by atoms with Gasteiger partial charge in [0.1, 0.15) is 0 Å². The van der Waals surface area contributed by atoms with E-state index in [1.807, 2.05) is 19.1 Å². The first-order valence-corrected chi connectivity index (χ1v) is 12.0. The van der Waals surface area contributed by atoms with Crippen molar-refractivity contribution in [3.8, 4) is 5.69 Å². The van der Waals surface area contributed by atoms with E-state index in [9.17, 15) is 9.59 Å². The van der Waals surface area contributed by atoms with Gasteiger partial charge in [0.05, 0.1) is 23.6 Å². The van der Waals surface area contributed by atoms with Crippen molar-refractivity contribution in [2.75, 3.05) is 11.9 Å². The van der Waals surface area contributed by atoms with Crippen LogP contribution in [0.2, 0.25) is 5.02 Å². The first-order valence-electron chi connectivity index (χ1n) is 10.7. The second-order valence-corrected chi connectivity index (χ2v) is 8.65. The highest BCUT2D eigenvalue weighted by Crippen LogP contribution is 2.25. The molecule has 0 unspecified atom stereocenters. The third-order valence-corrected chi connectivity index (χ3v) is 6.21. The van der Waals surface area contributed by atoms with Gasteiger partial charge in [0.2, 0.25) is 0 Å². The van der Waals surface area contributed by atoms with Crippen molar-refractivity contribution in [3.63, 3.8) is 0 Å². The van der Waals surface area contributed by atoms with Crippen LogP contribution in [-0.4, -0.2) is 43.4 Å². The predicted molar refractivity (Wildman–Crippen MR) is 133 cm³/mol. The number of esters is 1. The SMILES string of the molecule is CCOC(=O)c1ccc(NC(=O)c2nnn(-c3ccc(C)c(Cl)c3)c2CSc2ncccn2)cc1. The molecule has 0 aliphatic carbocycles. The van der Waals surface area contributed by atoms with E-state index in [1.54, 1.807) is 60.4 Å². The number of rotatable bonds is 8. The Balaban J connectivity index is 1.61. The molecule has 11 heteroatoms. The van der Waals surface area contributed by atoms with E-state index in [0.717, 1.165) is 5.56 Å². The first-order chi connectivity index (χ1) is 17.0. The molecule has 4 aromatic rings. The van der Waals surface area contributed by atoms with Gasteiger partial charge in [-0.1, -0.05) is 34.6 Å². The Kier molecular flexibility index (Phi) is 7.74. The number of benzene rings is 2. The summed E-state index contributed by atoms with van der Waals surface area (Å²) >= 11 is 7.68. The minimum atomic E-state index is -0.442. The van der Waals surface area contributed by atoms with Crippen molar-refractivity contribution in [3.05, 3.63) is 88.5 Å². The molecular weight excluding hydrogens is 488 g/mol. The number of halogens is 1. The molecule has 0 atom stereocenters. The second-order valence-electron chi connectivity index (χ2n) is 7.30. The van der Waals surface area contributed by atoms with Crippen molar-refractivity contribution in [1.29, 1.82) is 0 Å². The molecule has 0 aliphatic rings. The van der Waals surface area contributed by atoms with Gasteiger partial charge < -0.3 is 10.1 Å². The van der Waals surface area contributed by atoms with Crippen LogP contribution in [0.5, 0.6) is 0 Å². The van der Waals surface area contributed by atoms with E-state index in [4.69, 9.17) is 16.3 Å². The number of aromatic nitrogens is 5. The molecule has 0 saturated carbocycles. The monoisotopic (exact) mass is 508 g/mol. The van der Waals surface area contributed by atoms with Gasteiger partial charge in [-0.2, -0.15) is 0 Å². The summed E-state index contributed by atoms with van der Waals surface area (Å²) in [5, 5.41) is 12.3.